The Balaban J connectivity index is 1.94. The summed E-state index contributed by atoms with van der Waals surface area (Å²) in [6.45, 7) is 8.04. The summed E-state index contributed by atoms with van der Waals surface area (Å²) in [5, 5.41) is 1.92. The molecule has 3 aromatic carbocycles. The van der Waals surface area contributed by atoms with Crippen molar-refractivity contribution < 1.29 is 13.2 Å². The number of sulfonamides is 1. The Bertz CT molecular complexity index is 1100. The second-order valence-corrected chi connectivity index (χ2v) is 9.17. The van der Waals surface area contributed by atoms with Crippen molar-refractivity contribution in [1.29, 1.82) is 0 Å². The summed E-state index contributed by atoms with van der Waals surface area (Å²) in [5.74, 6) is 1.11. The summed E-state index contributed by atoms with van der Waals surface area (Å²) in [7, 11) is -1.99. The molecule has 0 saturated carbocycles. The van der Waals surface area contributed by atoms with Gasteiger partial charge in [0.15, 0.2) is 0 Å². The van der Waals surface area contributed by atoms with Crippen LogP contribution in [0.25, 0.3) is 10.8 Å². The molecule has 0 heterocycles. The first kappa shape index (κ1) is 20.4. The summed E-state index contributed by atoms with van der Waals surface area (Å²) in [5.41, 5.74) is 3.02. The molecule has 0 aliphatic heterocycles. The maximum Gasteiger partial charge on any atom is 0.241 e. The molecule has 28 heavy (non-hydrogen) atoms. The fourth-order valence-corrected chi connectivity index (χ4v) is 4.77. The van der Waals surface area contributed by atoms with Crippen LogP contribution in [0.15, 0.2) is 59.5 Å². The molecule has 148 valence electrons. The van der Waals surface area contributed by atoms with E-state index in [0.717, 1.165) is 33.2 Å². The normalized spacial score (nSPS) is 13.1. The first-order valence-electron chi connectivity index (χ1n) is 9.42. The number of fused-ring (bicyclic) bond motifs is 1. The van der Waals surface area contributed by atoms with E-state index in [4.69, 9.17) is 4.74 Å². The molecule has 5 heteroatoms. The van der Waals surface area contributed by atoms with Crippen LogP contribution in [0.2, 0.25) is 0 Å². The highest BCUT2D eigenvalue weighted by Gasteiger charge is 2.21. The molecule has 0 saturated heterocycles. The van der Waals surface area contributed by atoms with Crippen molar-refractivity contribution in [2.24, 2.45) is 0 Å². The summed E-state index contributed by atoms with van der Waals surface area (Å²) >= 11 is 0. The van der Waals surface area contributed by atoms with Gasteiger partial charge in [0.25, 0.3) is 0 Å². The molecule has 0 aliphatic carbocycles. The minimum Gasteiger partial charge on any atom is -0.496 e. The third-order valence-corrected chi connectivity index (χ3v) is 6.61. The fraction of sp³-hybridized carbons (Fsp3) is 0.304. The summed E-state index contributed by atoms with van der Waals surface area (Å²) in [4.78, 5) is 0.272. The largest absolute Gasteiger partial charge is 0.496 e. The van der Waals surface area contributed by atoms with Crippen LogP contribution in [0, 0.1) is 6.92 Å². The Labute approximate surface area is 167 Å². The predicted molar refractivity (Wildman–Crippen MR) is 115 cm³/mol. The van der Waals surface area contributed by atoms with Crippen molar-refractivity contribution in [2.45, 2.75) is 44.6 Å². The Kier molecular flexibility index (Phi) is 5.77. The van der Waals surface area contributed by atoms with Gasteiger partial charge in [-0.3, -0.25) is 0 Å². The van der Waals surface area contributed by atoms with Gasteiger partial charge in [-0.05, 0) is 71.5 Å². The SMILES string of the molecule is COc1cc(C)c([C@@H](C)NS(=O)(=O)c2ccc3ccccc3c2)cc1C(C)C. The molecule has 0 aliphatic rings. The van der Waals surface area contributed by atoms with E-state index in [1.807, 2.05) is 56.3 Å². The van der Waals surface area contributed by atoms with Crippen molar-refractivity contribution in [3.63, 3.8) is 0 Å². The van der Waals surface area contributed by atoms with Gasteiger partial charge in [0.1, 0.15) is 5.75 Å². The van der Waals surface area contributed by atoms with Crippen LogP contribution in [-0.4, -0.2) is 15.5 Å². The third kappa shape index (κ3) is 4.05. The van der Waals surface area contributed by atoms with E-state index in [2.05, 4.69) is 18.6 Å². The molecular formula is C23H27NO3S. The minimum atomic E-state index is -3.65. The van der Waals surface area contributed by atoms with Gasteiger partial charge in [-0.25, -0.2) is 13.1 Å². The van der Waals surface area contributed by atoms with Gasteiger partial charge in [0.05, 0.1) is 12.0 Å². The summed E-state index contributed by atoms with van der Waals surface area (Å²) in [6.07, 6.45) is 0. The Hall–Kier alpha value is -2.37. The van der Waals surface area contributed by atoms with Gasteiger partial charge >= 0.3 is 0 Å². The van der Waals surface area contributed by atoms with Gasteiger partial charge in [-0.15, -0.1) is 0 Å². The van der Waals surface area contributed by atoms with Crippen molar-refractivity contribution in [3.05, 3.63) is 71.3 Å². The predicted octanol–water partition coefficient (Wildman–Crippen LogP) is 5.32. The van der Waals surface area contributed by atoms with Crippen molar-refractivity contribution in [1.82, 2.24) is 4.72 Å². The zero-order valence-corrected chi connectivity index (χ0v) is 17.8. The smallest absolute Gasteiger partial charge is 0.241 e. The minimum absolute atomic E-state index is 0.272. The quantitative estimate of drug-likeness (QED) is 0.612. The fourth-order valence-electron chi connectivity index (χ4n) is 3.51. The standard InChI is InChI=1S/C23H27NO3S/c1-15(2)21-14-22(16(3)12-23(21)27-5)17(4)24-28(25,26)20-11-10-18-8-6-7-9-19(18)13-20/h6-15,17,24H,1-5H3/t17-/m1/s1. The lowest BCUT2D eigenvalue weighted by atomic mass is 9.94. The Morgan fingerprint density at radius 2 is 1.57 bits per heavy atom. The Morgan fingerprint density at radius 1 is 0.893 bits per heavy atom. The number of rotatable bonds is 6. The molecule has 0 amide bonds. The maximum absolute atomic E-state index is 13.0. The number of ether oxygens (including phenoxy) is 1. The zero-order chi connectivity index (χ0) is 20.5. The lowest BCUT2D eigenvalue weighted by molar-refractivity contribution is 0.406. The molecule has 0 radical (unpaired) electrons. The highest BCUT2D eigenvalue weighted by Crippen LogP contribution is 2.32. The first-order valence-corrected chi connectivity index (χ1v) is 10.9. The third-order valence-electron chi connectivity index (χ3n) is 5.07. The number of hydrogen-bond donors (Lipinski definition) is 1. The molecule has 0 unspecified atom stereocenters. The van der Waals surface area contributed by atoms with Gasteiger partial charge in [0.2, 0.25) is 10.0 Å². The second kappa shape index (κ2) is 7.94. The van der Waals surface area contributed by atoms with Gasteiger partial charge in [-0.1, -0.05) is 44.2 Å². The number of benzene rings is 3. The lowest BCUT2D eigenvalue weighted by Crippen LogP contribution is -2.27. The lowest BCUT2D eigenvalue weighted by Gasteiger charge is -2.21. The monoisotopic (exact) mass is 397 g/mol. The van der Waals surface area contributed by atoms with E-state index in [1.165, 1.54) is 0 Å². The van der Waals surface area contributed by atoms with Crippen LogP contribution in [0.5, 0.6) is 5.75 Å². The maximum atomic E-state index is 13.0. The summed E-state index contributed by atoms with van der Waals surface area (Å²) in [6, 6.07) is 16.6. The molecule has 3 rings (SSSR count). The van der Waals surface area contributed by atoms with Crippen LogP contribution in [-0.2, 0) is 10.0 Å². The first-order chi connectivity index (χ1) is 13.2. The van der Waals surface area contributed by atoms with E-state index in [9.17, 15) is 8.42 Å². The van der Waals surface area contributed by atoms with E-state index in [0.29, 0.717) is 0 Å². The van der Waals surface area contributed by atoms with Crippen molar-refractivity contribution in [3.8, 4) is 5.75 Å². The topological polar surface area (TPSA) is 55.4 Å². The van der Waals surface area contributed by atoms with Crippen LogP contribution >= 0.6 is 0 Å². The number of hydrogen-bond acceptors (Lipinski definition) is 3. The van der Waals surface area contributed by atoms with Gasteiger partial charge in [0, 0.05) is 6.04 Å². The molecule has 0 bridgehead atoms. The van der Waals surface area contributed by atoms with Crippen molar-refractivity contribution >= 4 is 20.8 Å². The number of aryl methyl sites for hydroxylation is 1. The van der Waals surface area contributed by atoms with E-state index < -0.39 is 10.0 Å². The molecule has 1 atom stereocenters. The highest BCUT2D eigenvalue weighted by molar-refractivity contribution is 7.89. The second-order valence-electron chi connectivity index (χ2n) is 7.46. The molecule has 0 aromatic heterocycles. The van der Waals surface area contributed by atoms with E-state index in [-0.39, 0.29) is 16.9 Å². The van der Waals surface area contributed by atoms with Crippen LogP contribution in [0.4, 0.5) is 0 Å². The van der Waals surface area contributed by atoms with Gasteiger partial charge < -0.3 is 4.74 Å². The Morgan fingerprint density at radius 3 is 2.21 bits per heavy atom. The number of nitrogens with one attached hydrogen (secondary N) is 1. The molecule has 4 nitrogen and oxygen atoms in total. The highest BCUT2D eigenvalue weighted by atomic mass is 32.2. The average Bonchev–Trinajstić information content (AvgIpc) is 2.66. The van der Waals surface area contributed by atoms with Crippen LogP contribution in [0.1, 0.15) is 49.4 Å². The molecule has 0 spiro atoms. The van der Waals surface area contributed by atoms with E-state index in [1.54, 1.807) is 19.2 Å². The van der Waals surface area contributed by atoms with Gasteiger partial charge in [-0.2, -0.15) is 0 Å². The zero-order valence-electron chi connectivity index (χ0n) is 17.0. The van der Waals surface area contributed by atoms with Crippen LogP contribution < -0.4 is 9.46 Å². The molecule has 1 N–H and O–H groups in total. The summed E-state index contributed by atoms with van der Waals surface area (Å²) < 4.78 is 34.3. The molecular weight excluding hydrogens is 370 g/mol. The molecule has 0 fully saturated rings. The average molecular weight is 398 g/mol. The van der Waals surface area contributed by atoms with Crippen LogP contribution in [0.3, 0.4) is 0 Å². The number of methoxy groups -OCH3 is 1. The van der Waals surface area contributed by atoms with E-state index >= 15 is 0 Å². The van der Waals surface area contributed by atoms with Crippen molar-refractivity contribution in [2.75, 3.05) is 7.11 Å². The molecule has 3 aromatic rings.